The summed E-state index contributed by atoms with van der Waals surface area (Å²) in [7, 11) is 1.54. The van der Waals surface area contributed by atoms with E-state index in [1.54, 1.807) is 43.3 Å². The molecule has 0 bridgehead atoms. The monoisotopic (exact) mass is 341 g/mol. The number of carbonyl (C=O) groups is 1. The first-order chi connectivity index (χ1) is 12.1. The van der Waals surface area contributed by atoms with Crippen molar-refractivity contribution in [1.29, 1.82) is 0 Å². The number of benzene rings is 2. The molecule has 25 heavy (non-hydrogen) atoms. The number of hydrogen-bond donors (Lipinski definition) is 0. The summed E-state index contributed by atoms with van der Waals surface area (Å²) in [6, 6.07) is 11.4. The highest BCUT2D eigenvalue weighted by Gasteiger charge is 2.21. The van der Waals surface area contributed by atoms with Crippen LogP contribution in [0.5, 0.6) is 11.5 Å². The van der Waals surface area contributed by atoms with Crippen LogP contribution in [0.25, 0.3) is 6.08 Å². The lowest BCUT2D eigenvalue weighted by atomic mass is 10.1. The molecule has 2 aromatic rings. The van der Waals surface area contributed by atoms with Crippen LogP contribution >= 0.6 is 0 Å². The first-order valence-corrected chi connectivity index (χ1v) is 7.60. The van der Waals surface area contributed by atoms with Crippen molar-refractivity contribution in [3.8, 4) is 11.5 Å². The second-order valence-electron chi connectivity index (χ2n) is 5.44. The summed E-state index contributed by atoms with van der Waals surface area (Å²) in [5.74, 6) is 0.307. The molecule has 1 heterocycles. The topological polar surface area (TPSA) is 57.1 Å². The molecular formula is C19H16FNO4. The third-order valence-corrected chi connectivity index (χ3v) is 3.68. The first kappa shape index (κ1) is 16.7. The van der Waals surface area contributed by atoms with E-state index in [0.29, 0.717) is 22.8 Å². The van der Waals surface area contributed by atoms with Crippen LogP contribution in [0.1, 0.15) is 18.1 Å². The van der Waals surface area contributed by atoms with E-state index >= 15 is 0 Å². The fourth-order valence-electron chi connectivity index (χ4n) is 2.32. The molecule has 0 N–H and O–H groups in total. The zero-order valence-electron chi connectivity index (χ0n) is 13.8. The maximum absolute atomic E-state index is 12.9. The van der Waals surface area contributed by atoms with Gasteiger partial charge < -0.3 is 14.3 Å². The van der Waals surface area contributed by atoms with Gasteiger partial charge in [0.05, 0.1) is 18.4 Å². The molecule has 2 aromatic carbocycles. The Morgan fingerprint density at radius 2 is 1.92 bits per heavy atom. The molecule has 0 aliphatic carbocycles. The lowest BCUT2D eigenvalue weighted by Crippen LogP contribution is -2.02. The minimum Gasteiger partial charge on any atom is -0.493 e. The zero-order chi connectivity index (χ0) is 17.8. The van der Waals surface area contributed by atoms with Gasteiger partial charge in [0.25, 0.3) is 0 Å². The largest absolute Gasteiger partial charge is 0.493 e. The van der Waals surface area contributed by atoms with Gasteiger partial charge in [-0.3, -0.25) is 0 Å². The fraction of sp³-hybridized carbons (Fsp3) is 0.158. The van der Waals surface area contributed by atoms with Crippen LogP contribution in [0.15, 0.2) is 53.2 Å². The van der Waals surface area contributed by atoms with Gasteiger partial charge in [-0.1, -0.05) is 23.4 Å². The molecule has 3 rings (SSSR count). The van der Waals surface area contributed by atoms with E-state index in [2.05, 4.69) is 9.99 Å². The number of hydrogen-bond acceptors (Lipinski definition) is 5. The smallest absolute Gasteiger partial charge is 0.367 e. The Morgan fingerprint density at radius 1 is 1.16 bits per heavy atom. The number of oxime groups is 1. The number of ether oxygens (including phenoxy) is 2. The predicted molar refractivity (Wildman–Crippen MR) is 90.9 cm³/mol. The normalized spacial score (nSPS) is 15.1. The summed E-state index contributed by atoms with van der Waals surface area (Å²) in [4.78, 5) is 16.2. The van der Waals surface area contributed by atoms with E-state index in [4.69, 9.17) is 9.47 Å². The summed E-state index contributed by atoms with van der Waals surface area (Å²) in [5.41, 5.74) is 2.53. The summed E-state index contributed by atoms with van der Waals surface area (Å²) >= 11 is 0. The van der Waals surface area contributed by atoms with E-state index in [1.807, 2.05) is 0 Å². The van der Waals surface area contributed by atoms with E-state index in [1.165, 1.54) is 19.2 Å². The van der Waals surface area contributed by atoms with Crippen molar-refractivity contribution in [1.82, 2.24) is 0 Å². The van der Waals surface area contributed by atoms with Gasteiger partial charge in [-0.2, -0.15) is 0 Å². The number of nitrogens with zero attached hydrogens (tertiary/aromatic N) is 1. The van der Waals surface area contributed by atoms with Crippen LogP contribution in [0.2, 0.25) is 0 Å². The third-order valence-electron chi connectivity index (χ3n) is 3.68. The summed E-state index contributed by atoms with van der Waals surface area (Å²) < 4.78 is 24.0. The molecule has 0 atom stereocenters. The van der Waals surface area contributed by atoms with Gasteiger partial charge in [0.15, 0.2) is 11.5 Å². The molecule has 6 heteroatoms. The molecule has 1 aliphatic rings. The van der Waals surface area contributed by atoms with Crippen molar-refractivity contribution in [3.05, 3.63) is 65.0 Å². The standard InChI is InChI=1S/C19H16FNO4/c1-12-16(19(22)25-21-12)9-14-5-8-17(18(10-14)23-2)24-11-13-3-6-15(20)7-4-13/h3-10H,11H2,1-2H3/b16-9+. The van der Waals surface area contributed by atoms with Gasteiger partial charge in [-0.15, -0.1) is 0 Å². The maximum atomic E-state index is 12.9. The van der Waals surface area contributed by atoms with Gasteiger partial charge in [0.1, 0.15) is 12.4 Å². The van der Waals surface area contributed by atoms with Crippen molar-refractivity contribution in [2.24, 2.45) is 5.16 Å². The second-order valence-corrected chi connectivity index (χ2v) is 5.44. The van der Waals surface area contributed by atoms with Crippen LogP contribution in [0, 0.1) is 5.82 Å². The number of methoxy groups -OCH3 is 1. The Balaban J connectivity index is 1.78. The van der Waals surface area contributed by atoms with E-state index < -0.39 is 5.97 Å². The molecule has 0 aromatic heterocycles. The lowest BCUT2D eigenvalue weighted by molar-refractivity contribution is -0.136. The fourth-order valence-corrected chi connectivity index (χ4v) is 2.32. The molecule has 0 spiro atoms. The van der Waals surface area contributed by atoms with E-state index in [0.717, 1.165) is 11.1 Å². The quantitative estimate of drug-likeness (QED) is 0.614. The Kier molecular flexibility index (Phi) is 4.79. The van der Waals surface area contributed by atoms with Gasteiger partial charge in [-0.25, -0.2) is 9.18 Å². The maximum Gasteiger partial charge on any atom is 0.367 e. The zero-order valence-corrected chi connectivity index (χ0v) is 13.8. The Labute approximate surface area is 144 Å². The van der Waals surface area contributed by atoms with Crippen LogP contribution in [-0.4, -0.2) is 18.8 Å². The first-order valence-electron chi connectivity index (χ1n) is 7.60. The van der Waals surface area contributed by atoms with Crippen LogP contribution in [-0.2, 0) is 16.2 Å². The van der Waals surface area contributed by atoms with Crippen molar-refractivity contribution in [2.75, 3.05) is 7.11 Å². The van der Waals surface area contributed by atoms with E-state index in [-0.39, 0.29) is 12.4 Å². The van der Waals surface area contributed by atoms with Gasteiger partial charge in [-0.05, 0) is 48.4 Å². The molecular weight excluding hydrogens is 325 g/mol. The Morgan fingerprint density at radius 3 is 2.56 bits per heavy atom. The van der Waals surface area contributed by atoms with Gasteiger partial charge >= 0.3 is 5.97 Å². The van der Waals surface area contributed by atoms with Crippen molar-refractivity contribution < 1.29 is 23.5 Å². The van der Waals surface area contributed by atoms with Crippen LogP contribution in [0.4, 0.5) is 4.39 Å². The highest BCUT2D eigenvalue weighted by atomic mass is 19.1. The molecule has 0 saturated carbocycles. The molecule has 5 nitrogen and oxygen atoms in total. The number of rotatable bonds is 5. The molecule has 0 amide bonds. The SMILES string of the molecule is COc1cc(/C=C2/C(=O)ON=C2C)ccc1OCc1ccc(F)cc1. The predicted octanol–water partition coefficient (Wildman–Crippen LogP) is 3.73. The van der Waals surface area contributed by atoms with Crippen molar-refractivity contribution in [2.45, 2.75) is 13.5 Å². The van der Waals surface area contributed by atoms with Crippen molar-refractivity contribution in [3.63, 3.8) is 0 Å². The minimum absolute atomic E-state index is 0.287. The van der Waals surface area contributed by atoms with Crippen LogP contribution in [0.3, 0.4) is 0 Å². The average Bonchev–Trinajstić information content (AvgIpc) is 2.93. The minimum atomic E-state index is -0.479. The van der Waals surface area contributed by atoms with Gasteiger partial charge in [0.2, 0.25) is 0 Å². The molecule has 0 unspecified atom stereocenters. The summed E-state index contributed by atoms with van der Waals surface area (Å²) in [5, 5.41) is 3.64. The number of halogens is 1. The molecule has 0 radical (unpaired) electrons. The molecule has 0 fully saturated rings. The highest BCUT2D eigenvalue weighted by molar-refractivity contribution is 6.24. The van der Waals surface area contributed by atoms with E-state index in [9.17, 15) is 9.18 Å². The summed E-state index contributed by atoms with van der Waals surface area (Å²) in [6.45, 7) is 1.99. The highest BCUT2D eigenvalue weighted by Crippen LogP contribution is 2.30. The van der Waals surface area contributed by atoms with Crippen LogP contribution < -0.4 is 9.47 Å². The van der Waals surface area contributed by atoms with Gasteiger partial charge in [0, 0.05) is 0 Å². The third kappa shape index (κ3) is 3.85. The summed E-state index contributed by atoms with van der Waals surface area (Å²) in [6.07, 6.45) is 1.68. The molecule has 1 aliphatic heterocycles. The van der Waals surface area contributed by atoms with Crippen molar-refractivity contribution >= 4 is 17.8 Å². The second kappa shape index (κ2) is 7.17. The Bertz CT molecular complexity index is 856. The Hall–Kier alpha value is -3.15. The number of carbonyl (C=O) groups excluding carboxylic acids is 1. The molecule has 0 saturated heterocycles. The average molecular weight is 341 g/mol. The molecule has 128 valence electrons. The lowest BCUT2D eigenvalue weighted by Gasteiger charge is -2.11.